The minimum atomic E-state index is -4.37. The summed E-state index contributed by atoms with van der Waals surface area (Å²) in [7, 11) is 0. The maximum Gasteiger partial charge on any atom is 0.416 e. The van der Waals surface area contributed by atoms with E-state index in [0.717, 1.165) is 12.1 Å². The van der Waals surface area contributed by atoms with Crippen LogP contribution in [-0.2, 0) is 22.1 Å². The molecule has 0 aliphatic carbocycles. The molecule has 0 amide bonds. The van der Waals surface area contributed by atoms with Crippen molar-refractivity contribution in [1.29, 1.82) is 0 Å². The van der Waals surface area contributed by atoms with Crippen molar-refractivity contribution in [1.82, 2.24) is 0 Å². The van der Waals surface area contributed by atoms with Crippen LogP contribution in [-0.4, -0.2) is 18.1 Å². The van der Waals surface area contributed by atoms with E-state index < -0.39 is 23.2 Å². The van der Waals surface area contributed by atoms with Gasteiger partial charge in [0.2, 0.25) is 0 Å². The highest BCUT2D eigenvalue weighted by Crippen LogP contribution is 2.29. The number of hydrogen-bond acceptors (Lipinski definition) is 3. The third-order valence-corrected chi connectivity index (χ3v) is 2.59. The molecule has 6 heteroatoms. The van der Waals surface area contributed by atoms with Crippen molar-refractivity contribution in [2.75, 3.05) is 6.61 Å². The number of nitrogens with two attached hydrogens (primary N) is 1. The Hall–Kier alpha value is -1.56. The van der Waals surface area contributed by atoms with Crippen LogP contribution in [0.1, 0.15) is 25.0 Å². The third-order valence-electron chi connectivity index (χ3n) is 2.59. The molecule has 0 aromatic heterocycles. The monoisotopic (exact) mass is 275 g/mol. The Bertz CT molecular complexity index is 438. The highest BCUT2D eigenvalue weighted by molar-refractivity contribution is 5.80. The Morgan fingerprint density at radius 3 is 2.21 bits per heavy atom. The maximum atomic E-state index is 12.4. The fraction of sp³-hybridized carbons (Fsp3) is 0.462. The van der Waals surface area contributed by atoms with Crippen LogP contribution >= 0.6 is 0 Å². The van der Waals surface area contributed by atoms with E-state index >= 15 is 0 Å². The zero-order valence-corrected chi connectivity index (χ0v) is 10.8. The van der Waals surface area contributed by atoms with Crippen molar-refractivity contribution in [2.45, 2.75) is 32.0 Å². The molecule has 0 spiro atoms. The summed E-state index contributed by atoms with van der Waals surface area (Å²) >= 11 is 0. The van der Waals surface area contributed by atoms with Crippen molar-refractivity contribution < 1.29 is 22.7 Å². The topological polar surface area (TPSA) is 52.3 Å². The summed E-state index contributed by atoms with van der Waals surface area (Å²) in [6.07, 6.45) is -4.25. The van der Waals surface area contributed by atoms with Crippen LogP contribution in [0.5, 0.6) is 0 Å². The lowest BCUT2D eigenvalue weighted by atomic mass is 9.93. The number of esters is 1. The summed E-state index contributed by atoms with van der Waals surface area (Å²) in [5.41, 5.74) is 4.37. The Morgan fingerprint density at radius 2 is 1.79 bits per heavy atom. The zero-order valence-electron chi connectivity index (χ0n) is 10.8. The molecule has 1 atom stereocenters. The molecule has 0 heterocycles. The van der Waals surface area contributed by atoms with E-state index in [0.29, 0.717) is 5.56 Å². The van der Waals surface area contributed by atoms with E-state index in [1.165, 1.54) is 19.1 Å². The minimum absolute atomic E-state index is 0.115. The predicted molar refractivity (Wildman–Crippen MR) is 64.4 cm³/mol. The van der Waals surface area contributed by atoms with Crippen LogP contribution in [0.2, 0.25) is 0 Å². The van der Waals surface area contributed by atoms with Gasteiger partial charge >= 0.3 is 12.1 Å². The number of rotatable bonds is 4. The Morgan fingerprint density at radius 1 is 1.26 bits per heavy atom. The van der Waals surface area contributed by atoms with Crippen molar-refractivity contribution in [2.24, 2.45) is 5.73 Å². The Labute approximate surface area is 109 Å². The first-order valence-electron chi connectivity index (χ1n) is 5.79. The Balaban J connectivity index is 2.80. The number of benzene rings is 1. The van der Waals surface area contributed by atoms with E-state index in [1.807, 2.05) is 0 Å². The minimum Gasteiger partial charge on any atom is -0.465 e. The third kappa shape index (κ3) is 4.24. The van der Waals surface area contributed by atoms with E-state index in [9.17, 15) is 18.0 Å². The van der Waals surface area contributed by atoms with Crippen LogP contribution in [0.4, 0.5) is 13.2 Å². The van der Waals surface area contributed by atoms with Gasteiger partial charge in [0.05, 0.1) is 12.2 Å². The smallest absolute Gasteiger partial charge is 0.416 e. The zero-order chi connectivity index (χ0) is 14.7. The molecule has 106 valence electrons. The number of alkyl halides is 3. The van der Waals surface area contributed by atoms with Gasteiger partial charge in [-0.05, 0) is 31.5 Å². The van der Waals surface area contributed by atoms with Gasteiger partial charge in [-0.25, -0.2) is 0 Å². The van der Waals surface area contributed by atoms with Gasteiger partial charge in [0.1, 0.15) is 5.54 Å². The molecule has 3 nitrogen and oxygen atoms in total. The van der Waals surface area contributed by atoms with Crippen LogP contribution in [0.15, 0.2) is 24.3 Å². The van der Waals surface area contributed by atoms with Gasteiger partial charge in [0, 0.05) is 6.42 Å². The van der Waals surface area contributed by atoms with Gasteiger partial charge < -0.3 is 10.5 Å². The second-order valence-electron chi connectivity index (χ2n) is 4.51. The molecular formula is C13H16F3NO2. The first kappa shape index (κ1) is 15.5. The largest absolute Gasteiger partial charge is 0.465 e. The van der Waals surface area contributed by atoms with Crippen LogP contribution < -0.4 is 5.73 Å². The fourth-order valence-electron chi connectivity index (χ4n) is 1.60. The number of hydrogen-bond donors (Lipinski definition) is 1. The first-order chi connectivity index (χ1) is 8.66. The second-order valence-corrected chi connectivity index (χ2v) is 4.51. The molecule has 0 aliphatic rings. The Kier molecular flexibility index (Phi) is 4.57. The van der Waals surface area contributed by atoms with Crippen molar-refractivity contribution in [3.05, 3.63) is 35.4 Å². The average Bonchev–Trinajstić information content (AvgIpc) is 2.28. The normalized spacial score (nSPS) is 14.8. The maximum absolute atomic E-state index is 12.4. The molecular weight excluding hydrogens is 259 g/mol. The molecule has 0 bridgehead atoms. The molecule has 0 aliphatic heterocycles. The average molecular weight is 275 g/mol. The molecule has 1 aromatic rings. The molecule has 1 rings (SSSR count). The molecule has 0 saturated carbocycles. The van der Waals surface area contributed by atoms with Crippen molar-refractivity contribution in [3.63, 3.8) is 0 Å². The summed E-state index contributed by atoms with van der Waals surface area (Å²) in [4.78, 5) is 11.6. The van der Waals surface area contributed by atoms with Crippen LogP contribution in [0.25, 0.3) is 0 Å². The highest BCUT2D eigenvalue weighted by Gasteiger charge is 2.32. The van der Waals surface area contributed by atoms with E-state index in [1.54, 1.807) is 6.92 Å². The molecule has 19 heavy (non-hydrogen) atoms. The fourth-order valence-corrected chi connectivity index (χ4v) is 1.60. The molecule has 0 fully saturated rings. The lowest BCUT2D eigenvalue weighted by Crippen LogP contribution is -2.48. The molecule has 1 aromatic carbocycles. The quantitative estimate of drug-likeness (QED) is 0.859. The number of carbonyl (C=O) groups excluding carboxylic acids is 1. The van der Waals surface area contributed by atoms with Gasteiger partial charge in [-0.15, -0.1) is 0 Å². The summed E-state index contributed by atoms with van der Waals surface area (Å²) in [5.74, 6) is -0.574. The first-order valence-corrected chi connectivity index (χ1v) is 5.79. The number of ether oxygens (including phenoxy) is 1. The molecule has 0 saturated heterocycles. The summed E-state index contributed by atoms with van der Waals surface area (Å²) < 4.78 is 42.0. The summed E-state index contributed by atoms with van der Waals surface area (Å²) in [6.45, 7) is 3.35. The van der Waals surface area contributed by atoms with Gasteiger partial charge in [0.15, 0.2) is 0 Å². The van der Waals surface area contributed by atoms with Gasteiger partial charge in [-0.2, -0.15) is 13.2 Å². The van der Waals surface area contributed by atoms with E-state index in [4.69, 9.17) is 10.5 Å². The van der Waals surface area contributed by atoms with E-state index in [2.05, 4.69) is 0 Å². The lowest BCUT2D eigenvalue weighted by molar-refractivity contribution is -0.149. The number of halogens is 3. The molecule has 2 N–H and O–H groups in total. The van der Waals surface area contributed by atoms with Crippen LogP contribution in [0, 0.1) is 0 Å². The van der Waals surface area contributed by atoms with Gasteiger partial charge in [0.25, 0.3) is 0 Å². The second kappa shape index (κ2) is 5.61. The molecule has 0 unspecified atom stereocenters. The van der Waals surface area contributed by atoms with Gasteiger partial charge in [-0.1, -0.05) is 12.1 Å². The highest BCUT2D eigenvalue weighted by atomic mass is 19.4. The van der Waals surface area contributed by atoms with E-state index in [-0.39, 0.29) is 13.0 Å². The standard InChI is InChI=1S/C13H16F3NO2/c1-3-19-11(18)12(2,17)8-9-4-6-10(7-5-9)13(14,15)16/h4-7H,3,8,17H2,1-2H3/t12-/m0/s1. The SMILES string of the molecule is CCOC(=O)[C@@](C)(N)Cc1ccc(C(F)(F)F)cc1. The van der Waals surface area contributed by atoms with Crippen molar-refractivity contribution >= 4 is 5.97 Å². The summed E-state index contributed by atoms with van der Waals surface area (Å²) in [6, 6.07) is 4.56. The predicted octanol–water partition coefficient (Wildman–Crippen LogP) is 2.53. The lowest BCUT2D eigenvalue weighted by Gasteiger charge is -2.22. The van der Waals surface area contributed by atoms with Crippen molar-refractivity contribution in [3.8, 4) is 0 Å². The number of carbonyl (C=O) groups is 1. The van der Waals surface area contributed by atoms with Gasteiger partial charge in [-0.3, -0.25) is 4.79 Å². The summed E-state index contributed by atoms with van der Waals surface area (Å²) in [5, 5.41) is 0. The molecule has 0 radical (unpaired) electrons. The van der Waals surface area contributed by atoms with Crippen LogP contribution in [0.3, 0.4) is 0 Å².